The lowest BCUT2D eigenvalue weighted by Crippen LogP contribution is -2.27. The highest BCUT2D eigenvalue weighted by molar-refractivity contribution is 8.00. The summed E-state index contributed by atoms with van der Waals surface area (Å²) in [6.07, 6.45) is 3.51. The average molecular weight is 544 g/mol. The number of H-pyrrole nitrogens is 1. The first-order chi connectivity index (χ1) is 18.5. The Bertz CT molecular complexity index is 1600. The van der Waals surface area contributed by atoms with Crippen LogP contribution in [-0.4, -0.2) is 37.1 Å². The highest BCUT2D eigenvalue weighted by Crippen LogP contribution is 2.27. The Balaban J connectivity index is 1.30. The van der Waals surface area contributed by atoms with Gasteiger partial charge in [0, 0.05) is 39.1 Å². The van der Waals surface area contributed by atoms with Gasteiger partial charge in [0.25, 0.3) is 5.91 Å². The lowest BCUT2D eigenvalue weighted by molar-refractivity contribution is -0.120. The second kappa shape index (κ2) is 11.5. The van der Waals surface area contributed by atoms with Crippen molar-refractivity contribution in [2.24, 2.45) is 5.10 Å². The maximum Gasteiger partial charge on any atom is 0.253 e. The Morgan fingerprint density at radius 3 is 2.74 bits per heavy atom. The van der Waals surface area contributed by atoms with Crippen molar-refractivity contribution in [2.75, 3.05) is 5.32 Å². The van der Waals surface area contributed by atoms with E-state index in [1.54, 1.807) is 6.21 Å². The largest absolute Gasteiger partial charge is 0.378 e. The van der Waals surface area contributed by atoms with E-state index in [4.69, 9.17) is 11.6 Å². The van der Waals surface area contributed by atoms with E-state index in [0.717, 1.165) is 39.2 Å². The summed E-state index contributed by atoms with van der Waals surface area (Å²) in [6, 6.07) is 23.5. The van der Waals surface area contributed by atoms with Crippen LogP contribution in [0.25, 0.3) is 16.6 Å². The van der Waals surface area contributed by atoms with Crippen molar-refractivity contribution in [3.63, 3.8) is 0 Å². The molecule has 3 N–H and O–H groups in total. The maximum absolute atomic E-state index is 12.8. The molecule has 0 bridgehead atoms. The quantitative estimate of drug-likeness (QED) is 0.121. The molecule has 1 amide bonds. The fourth-order valence-electron chi connectivity index (χ4n) is 4.00. The van der Waals surface area contributed by atoms with Gasteiger partial charge in [-0.3, -0.25) is 9.36 Å². The van der Waals surface area contributed by atoms with Gasteiger partial charge in [0.1, 0.15) is 0 Å². The molecule has 2 heterocycles. The monoisotopic (exact) mass is 543 g/mol. The fraction of sp³-hybridized carbons (Fsp3) is 0.143. The lowest BCUT2D eigenvalue weighted by Gasteiger charge is -2.14. The number of hydrogen-bond acceptors (Lipinski definition) is 6. The standard InChI is InChI=1S/C28H26ClN7OS/c1-18-14-21(29)12-13-24(18)31-17-26-33-35-28(36(26)22-8-4-3-5-9-22)38-19(2)27(37)34-32-16-20-15-30-25-11-7-6-10-23(20)25/h3-16,19,30-31H,17H2,1-2H3,(H,34,37)/b32-16-/t19-/m0/s1. The number of nitrogens with zero attached hydrogens (tertiary/aromatic N) is 4. The number of nitrogens with one attached hydrogen (secondary N) is 3. The SMILES string of the molecule is Cc1cc(Cl)ccc1NCc1nnc(S[C@@H](C)C(=O)N/N=C\c2c[nH]c3ccccc23)n1-c1ccccc1. The highest BCUT2D eigenvalue weighted by atomic mass is 35.5. The number of hydrazone groups is 1. The number of thioether (sulfide) groups is 1. The fourth-order valence-corrected chi connectivity index (χ4v) is 5.10. The number of aromatic nitrogens is 4. The van der Waals surface area contributed by atoms with E-state index in [-0.39, 0.29) is 5.91 Å². The molecule has 3 aromatic carbocycles. The van der Waals surface area contributed by atoms with Crippen molar-refractivity contribution >= 4 is 52.1 Å². The summed E-state index contributed by atoms with van der Waals surface area (Å²) in [5.74, 6) is 0.489. The van der Waals surface area contributed by atoms with Gasteiger partial charge in [0.05, 0.1) is 18.0 Å². The molecular formula is C28H26ClN7OS. The average Bonchev–Trinajstić information content (AvgIpc) is 3.52. The van der Waals surface area contributed by atoms with Crippen LogP contribution in [0.3, 0.4) is 0 Å². The topological polar surface area (TPSA) is 100.0 Å². The number of rotatable bonds is 9. The van der Waals surface area contributed by atoms with E-state index in [1.165, 1.54) is 11.8 Å². The predicted octanol–water partition coefficient (Wildman–Crippen LogP) is 5.95. The molecule has 0 saturated heterocycles. The molecule has 5 rings (SSSR count). The van der Waals surface area contributed by atoms with E-state index in [0.29, 0.717) is 16.7 Å². The molecule has 0 aliphatic heterocycles. The van der Waals surface area contributed by atoms with Gasteiger partial charge in [-0.15, -0.1) is 10.2 Å². The first-order valence-electron chi connectivity index (χ1n) is 12.0. The minimum Gasteiger partial charge on any atom is -0.378 e. The van der Waals surface area contributed by atoms with E-state index in [1.807, 2.05) is 97.4 Å². The lowest BCUT2D eigenvalue weighted by atomic mass is 10.2. The van der Waals surface area contributed by atoms with Crippen molar-refractivity contribution in [3.8, 4) is 5.69 Å². The number of hydrogen-bond donors (Lipinski definition) is 3. The molecule has 192 valence electrons. The molecule has 0 fully saturated rings. The summed E-state index contributed by atoms with van der Waals surface area (Å²) < 4.78 is 1.96. The van der Waals surface area contributed by atoms with Crippen molar-refractivity contribution in [1.29, 1.82) is 0 Å². The first-order valence-corrected chi connectivity index (χ1v) is 13.3. The summed E-state index contributed by atoms with van der Waals surface area (Å²) in [5, 5.41) is 18.3. The van der Waals surface area contributed by atoms with Crippen LogP contribution in [0.2, 0.25) is 5.02 Å². The molecule has 1 atom stereocenters. The zero-order valence-corrected chi connectivity index (χ0v) is 22.4. The Hall–Kier alpha value is -4.08. The van der Waals surface area contributed by atoms with Gasteiger partial charge in [0.15, 0.2) is 11.0 Å². The summed E-state index contributed by atoms with van der Waals surface area (Å²) in [5.41, 5.74) is 7.47. The zero-order chi connectivity index (χ0) is 26.5. The second-order valence-corrected chi connectivity index (χ2v) is 10.4. The van der Waals surface area contributed by atoms with Crippen LogP contribution >= 0.6 is 23.4 Å². The molecule has 10 heteroatoms. The third-order valence-corrected chi connectivity index (χ3v) is 7.27. The number of benzene rings is 3. The van der Waals surface area contributed by atoms with Crippen LogP contribution in [0.4, 0.5) is 5.69 Å². The Labute approximate surface area is 229 Å². The van der Waals surface area contributed by atoms with Gasteiger partial charge >= 0.3 is 0 Å². The number of anilines is 1. The molecule has 0 aliphatic carbocycles. The second-order valence-electron chi connectivity index (χ2n) is 8.67. The molecule has 2 aromatic heterocycles. The number of carbonyl (C=O) groups excluding carboxylic acids is 1. The van der Waals surface area contributed by atoms with Gasteiger partial charge in [-0.25, -0.2) is 5.43 Å². The van der Waals surface area contributed by atoms with Gasteiger partial charge in [-0.05, 0) is 55.8 Å². The summed E-state index contributed by atoms with van der Waals surface area (Å²) in [4.78, 5) is 16.0. The number of fused-ring (bicyclic) bond motifs is 1. The van der Waals surface area contributed by atoms with Crippen LogP contribution < -0.4 is 10.7 Å². The molecule has 5 aromatic rings. The van der Waals surface area contributed by atoms with E-state index in [9.17, 15) is 4.79 Å². The van der Waals surface area contributed by atoms with Gasteiger partial charge in [-0.2, -0.15) is 5.10 Å². The van der Waals surface area contributed by atoms with Crippen molar-refractivity contribution < 1.29 is 4.79 Å². The summed E-state index contributed by atoms with van der Waals surface area (Å²) >= 11 is 7.42. The Morgan fingerprint density at radius 2 is 1.92 bits per heavy atom. The van der Waals surface area contributed by atoms with Crippen LogP contribution in [0.15, 0.2) is 89.3 Å². The van der Waals surface area contributed by atoms with Gasteiger partial charge < -0.3 is 10.3 Å². The van der Waals surface area contributed by atoms with Crippen LogP contribution in [0, 0.1) is 6.92 Å². The molecule has 0 spiro atoms. The third kappa shape index (κ3) is 5.74. The summed E-state index contributed by atoms with van der Waals surface area (Å²) in [6.45, 7) is 4.26. The van der Waals surface area contributed by atoms with E-state index >= 15 is 0 Å². The smallest absolute Gasteiger partial charge is 0.253 e. The van der Waals surface area contributed by atoms with Gasteiger partial charge in [-0.1, -0.05) is 59.8 Å². The highest BCUT2D eigenvalue weighted by Gasteiger charge is 2.21. The normalized spacial score (nSPS) is 12.2. The summed E-state index contributed by atoms with van der Waals surface area (Å²) in [7, 11) is 0. The third-order valence-electron chi connectivity index (χ3n) is 5.99. The predicted molar refractivity (Wildman–Crippen MR) is 154 cm³/mol. The van der Waals surface area contributed by atoms with Crippen molar-refractivity contribution in [3.05, 3.63) is 101 Å². The number of carbonyl (C=O) groups is 1. The number of aromatic amines is 1. The Kier molecular flexibility index (Phi) is 7.76. The molecule has 0 unspecified atom stereocenters. The van der Waals surface area contributed by atoms with E-state index in [2.05, 4.69) is 31.0 Å². The first kappa shape index (κ1) is 25.6. The molecule has 0 radical (unpaired) electrons. The molecule has 8 nitrogen and oxygen atoms in total. The van der Waals surface area contributed by atoms with E-state index < -0.39 is 5.25 Å². The maximum atomic E-state index is 12.8. The van der Waals surface area contributed by atoms with Crippen LogP contribution in [-0.2, 0) is 11.3 Å². The van der Waals surface area contributed by atoms with Crippen molar-refractivity contribution in [2.45, 2.75) is 30.8 Å². The Morgan fingerprint density at radius 1 is 1.13 bits per heavy atom. The van der Waals surface area contributed by atoms with Crippen molar-refractivity contribution in [1.82, 2.24) is 25.2 Å². The molecular weight excluding hydrogens is 518 g/mol. The molecule has 0 aliphatic rings. The van der Waals surface area contributed by atoms with Crippen LogP contribution in [0.1, 0.15) is 23.9 Å². The minimum absolute atomic E-state index is 0.231. The number of para-hydroxylation sites is 2. The molecule has 38 heavy (non-hydrogen) atoms. The van der Waals surface area contributed by atoms with Crippen LogP contribution in [0.5, 0.6) is 0 Å². The zero-order valence-electron chi connectivity index (χ0n) is 20.9. The van der Waals surface area contributed by atoms with Gasteiger partial charge in [0.2, 0.25) is 0 Å². The number of halogens is 1. The molecule has 0 saturated carbocycles. The minimum atomic E-state index is -0.457. The number of aryl methyl sites for hydroxylation is 1. The number of amides is 1.